The molecule has 4 rings (SSSR count). The number of aromatic nitrogens is 3. The molecule has 5 heteroatoms. The van der Waals surface area contributed by atoms with Gasteiger partial charge in [-0.15, -0.1) is 0 Å². The topological polar surface area (TPSA) is 48.1 Å². The number of fused-ring (bicyclic) bond motifs is 3. The summed E-state index contributed by atoms with van der Waals surface area (Å²) in [7, 11) is 2.17. The van der Waals surface area contributed by atoms with Crippen LogP contribution in [0.5, 0.6) is 0 Å². The summed E-state index contributed by atoms with van der Waals surface area (Å²) in [5.41, 5.74) is 4.47. The number of aromatic amines is 1. The largest absolute Gasteiger partial charge is 0.352 e. The first-order valence-electron chi connectivity index (χ1n) is 7.39. The van der Waals surface area contributed by atoms with Crippen LogP contribution in [-0.4, -0.2) is 53.1 Å². The maximum atomic E-state index is 4.54. The Morgan fingerprint density at radius 2 is 1.90 bits per heavy atom. The molecule has 0 unspecified atom stereocenters. The molecule has 1 aliphatic heterocycles. The van der Waals surface area contributed by atoms with Crippen LogP contribution < -0.4 is 4.90 Å². The number of nitrogens with one attached hydrogen (secondary N) is 1. The van der Waals surface area contributed by atoms with Crippen molar-refractivity contribution in [3.63, 3.8) is 0 Å². The molecule has 3 heterocycles. The van der Waals surface area contributed by atoms with Crippen LogP contribution in [0.4, 0.5) is 5.82 Å². The third-order valence-electron chi connectivity index (χ3n) is 4.32. The normalized spacial score (nSPS) is 17.0. The highest BCUT2D eigenvalue weighted by Crippen LogP contribution is 2.29. The average Bonchev–Trinajstić information content (AvgIpc) is 2.86. The molecular formula is C16H19N5. The summed E-state index contributed by atoms with van der Waals surface area (Å²) in [5, 5.41) is 1.18. The minimum Gasteiger partial charge on any atom is -0.352 e. The zero-order chi connectivity index (χ0) is 14.4. The van der Waals surface area contributed by atoms with Crippen molar-refractivity contribution < 1.29 is 0 Å². The summed E-state index contributed by atoms with van der Waals surface area (Å²) in [6.45, 7) is 6.28. The Morgan fingerprint density at radius 3 is 2.71 bits per heavy atom. The molecule has 0 aliphatic carbocycles. The highest BCUT2D eigenvalue weighted by atomic mass is 15.3. The van der Waals surface area contributed by atoms with Crippen molar-refractivity contribution in [2.75, 3.05) is 38.1 Å². The summed E-state index contributed by atoms with van der Waals surface area (Å²) >= 11 is 0. The molecular weight excluding hydrogens is 262 g/mol. The van der Waals surface area contributed by atoms with Crippen molar-refractivity contribution in [2.45, 2.75) is 6.92 Å². The van der Waals surface area contributed by atoms with E-state index >= 15 is 0 Å². The monoisotopic (exact) mass is 281 g/mol. The Hall–Kier alpha value is -2.14. The summed E-state index contributed by atoms with van der Waals surface area (Å²) in [6.07, 6.45) is 1.69. The predicted octanol–water partition coefficient (Wildman–Crippen LogP) is 2.17. The first-order valence-corrected chi connectivity index (χ1v) is 7.39. The molecule has 0 spiro atoms. The van der Waals surface area contributed by atoms with Gasteiger partial charge in [-0.2, -0.15) is 0 Å². The number of piperazine rings is 1. The molecule has 0 amide bonds. The van der Waals surface area contributed by atoms with Crippen LogP contribution in [0.2, 0.25) is 0 Å². The van der Waals surface area contributed by atoms with Crippen LogP contribution in [0, 0.1) is 6.92 Å². The van der Waals surface area contributed by atoms with Crippen molar-refractivity contribution in [1.82, 2.24) is 19.9 Å². The summed E-state index contributed by atoms with van der Waals surface area (Å²) in [6, 6.07) is 6.44. The lowest BCUT2D eigenvalue weighted by molar-refractivity contribution is 0.312. The minimum absolute atomic E-state index is 1.01. The summed E-state index contributed by atoms with van der Waals surface area (Å²) < 4.78 is 0. The van der Waals surface area contributed by atoms with Gasteiger partial charge in [0.15, 0.2) is 5.82 Å². The fourth-order valence-corrected chi connectivity index (χ4v) is 3.05. The van der Waals surface area contributed by atoms with Gasteiger partial charge >= 0.3 is 0 Å². The second-order valence-corrected chi connectivity index (χ2v) is 5.89. The van der Waals surface area contributed by atoms with Crippen LogP contribution in [0.25, 0.3) is 21.9 Å². The van der Waals surface area contributed by atoms with Gasteiger partial charge in [0.05, 0.1) is 0 Å². The van der Waals surface area contributed by atoms with Crippen molar-refractivity contribution in [2.24, 2.45) is 0 Å². The number of hydrogen-bond acceptors (Lipinski definition) is 4. The molecule has 1 N–H and O–H groups in total. The summed E-state index contributed by atoms with van der Waals surface area (Å²) in [5.74, 6) is 1.03. The van der Waals surface area contributed by atoms with Crippen molar-refractivity contribution in [3.8, 4) is 0 Å². The third kappa shape index (κ3) is 2.05. The zero-order valence-electron chi connectivity index (χ0n) is 12.4. The minimum atomic E-state index is 1.01. The van der Waals surface area contributed by atoms with Gasteiger partial charge in [-0.25, -0.2) is 9.97 Å². The number of likely N-dealkylation sites (N-methyl/N-ethyl adjacent to an activating group) is 1. The van der Waals surface area contributed by atoms with Gasteiger partial charge in [-0.05, 0) is 26.1 Å². The van der Waals surface area contributed by atoms with E-state index < -0.39 is 0 Å². The lowest BCUT2D eigenvalue weighted by atomic mass is 10.1. The summed E-state index contributed by atoms with van der Waals surface area (Å²) in [4.78, 5) is 17.2. The Bertz CT molecular complexity index is 799. The van der Waals surface area contributed by atoms with E-state index in [4.69, 9.17) is 0 Å². The van der Waals surface area contributed by atoms with Crippen molar-refractivity contribution in [1.29, 1.82) is 0 Å². The number of anilines is 1. The van der Waals surface area contributed by atoms with E-state index in [2.05, 4.69) is 56.9 Å². The number of hydrogen-bond donors (Lipinski definition) is 1. The van der Waals surface area contributed by atoms with Crippen LogP contribution >= 0.6 is 0 Å². The molecule has 0 saturated carbocycles. The lowest BCUT2D eigenvalue weighted by Crippen LogP contribution is -2.44. The number of nitrogens with zero attached hydrogens (tertiary/aromatic N) is 4. The fraction of sp³-hybridized carbons (Fsp3) is 0.375. The van der Waals surface area contributed by atoms with E-state index in [0.29, 0.717) is 0 Å². The standard InChI is InChI=1S/C16H19N5/c1-11-3-4-13-12(9-11)14-15(19-13)16(18-10-17-14)21-7-5-20(2)6-8-21/h3-4,9-10,19H,5-8H2,1-2H3. The molecule has 108 valence electrons. The average molecular weight is 281 g/mol. The molecule has 1 fully saturated rings. The number of rotatable bonds is 1. The van der Waals surface area contributed by atoms with Gasteiger partial charge in [-0.1, -0.05) is 11.6 Å². The molecule has 0 bridgehead atoms. The maximum absolute atomic E-state index is 4.54. The van der Waals surface area contributed by atoms with Crippen LogP contribution in [-0.2, 0) is 0 Å². The van der Waals surface area contributed by atoms with Crippen LogP contribution in [0.15, 0.2) is 24.5 Å². The van der Waals surface area contributed by atoms with E-state index in [-0.39, 0.29) is 0 Å². The van der Waals surface area contributed by atoms with Gasteiger partial charge < -0.3 is 14.8 Å². The highest BCUT2D eigenvalue weighted by molar-refractivity contribution is 6.08. The molecule has 1 saturated heterocycles. The zero-order valence-corrected chi connectivity index (χ0v) is 12.4. The predicted molar refractivity (Wildman–Crippen MR) is 85.8 cm³/mol. The number of benzene rings is 1. The van der Waals surface area contributed by atoms with E-state index in [1.807, 2.05) is 0 Å². The molecule has 3 aromatic rings. The van der Waals surface area contributed by atoms with Gasteiger partial charge in [0.25, 0.3) is 0 Å². The highest BCUT2D eigenvalue weighted by Gasteiger charge is 2.19. The van der Waals surface area contributed by atoms with Gasteiger partial charge in [-0.3, -0.25) is 0 Å². The SMILES string of the molecule is Cc1ccc2[nH]c3c(N4CCN(C)CC4)ncnc3c2c1. The molecule has 21 heavy (non-hydrogen) atoms. The van der Waals surface area contributed by atoms with E-state index in [1.54, 1.807) is 6.33 Å². The molecule has 0 atom stereocenters. The first-order chi connectivity index (χ1) is 10.2. The molecule has 5 nitrogen and oxygen atoms in total. The first kappa shape index (κ1) is 12.6. The van der Waals surface area contributed by atoms with E-state index in [9.17, 15) is 0 Å². The molecule has 2 aromatic heterocycles. The second-order valence-electron chi connectivity index (χ2n) is 5.89. The van der Waals surface area contributed by atoms with E-state index in [1.165, 1.54) is 10.9 Å². The Morgan fingerprint density at radius 1 is 1.10 bits per heavy atom. The molecule has 1 aliphatic rings. The van der Waals surface area contributed by atoms with Crippen LogP contribution in [0.1, 0.15) is 5.56 Å². The Balaban J connectivity index is 1.88. The van der Waals surface area contributed by atoms with Crippen LogP contribution in [0.3, 0.4) is 0 Å². The Labute approximate surface area is 123 Å². The van der Waals surface area contributed by atoms with E-state index in [0.717, 1.165) is 48.5 Å². The van der Waals surface area contributed by atoms with Crippen molar-refractivity contribution in [3.05, 3.63) is 30.1 Å². The van der Waals surface area contributed by atoms with Gasteiger partial charge in [0.1, 0.15) is 17.4 Å². The lowest BCUT2D eigenvalue weighted by Gasteiger charge is -2.33. The maximum Gasteiger partial charge on any atom is 0.156 e. The van der Waals surface area contributed by atoms with Crippen molar-refractivity contribution >= 4 is 27.8 Å². The number of aryl methyl sites for hydroxylation is 1. The molecule has 0 radical (unpaired) electrons. The molecule has 1 aromatic carbocycles. The smallest absolute Gasteiger partial charge is 0.156 e. The van der Waals surface area contributed by atoms with Gasteiger partial charge in [0.2, 0.25) is 0 Å². The third-order valence-corrected chi connectivity index (χ3v) is 4.32. The number of H-pyrrole nitrogens is 1. The Kier molecular flexibility index (Phi) is 2.82. The van der Waals surface area contributed by atoms with Gasteiger partial charge in [0, 0.05) is 37.1 Å². The quantitative estimate of drug-likeness (QED) is 0.742. The fourth-order valence-electron chi connectivity index (χ4n) is 3.05. The second kappa shape index (κ2) is 4.70.